The maximum Gasteiger partial charge on any atom is 0.227 e. The van der Waals surface area contributed by atoms with Crippen LogP contribution < -0.4 is 5.32 Å². The highest BCUT2D eigenvalue weighted by atomic mass is 16.5. The van der Waals surface area contributed by atoms with Gasteiger partial charge in [-0.15, -0.1) is 0 Å². The molecular weight excluding hydrogens is 230 g/mol. The summed E-state index contributed by atoms with van der Waals surface area (Å²) in [6, 6.07) is 7.27. The van der Waals surface area contributed by atoms with Crippen molar-refractivity contribution in [3.05, 3.63) is 29.8 Å². The van der Waals surface area contributed by atoms with E-state index in [1.54, 1.807) is 19.2 Å². The Bertz CT molecular complexity index is 421. The molecule has 1 aliphatic rings. The first-order valence-electron chi connectivity index (χ1n) is 6.23. The maximum atomic E-state index is 12.0. The van der Waals surface area contributed by atoms with Gasteiger partial charge in [-0.2, -0.15) is 0 Å². The summed E-state index contributed by atoms with van der Waals surface area (Å²) in [6.07, 6.45) is 3.38. The Balaban J connectivity index is 1.98. The predicted octanol–water partition coefficient (Wildman–Crippen LogP) is 2.08. The van der Waals surface area contributed by atoms with E-state index >= 15 is 0 Å². The minimum Gasteiger partial charge on any atom is -0.392 e. The molecule has 4 nitrogen and oxygen atoms in total. The average molecular weight is 249 g/mol. The maximum absolute atomic E-state index is 12.0. The summed E-state index contributed by atoms with van der Waals surface area (Å²) >= 11 is 0. The first-order chi connectivity index (χ1) is 8.69. The molecule has 18 heavy (non-hydrogen) atoms. The summed E-state index contributed by atoms with van der Waals surface area (Å²) in [5.41, 5.74) is 1.14. The summed E-state index contributed by atoms with van der Waals surface area (Å²) in [5.74, 6) is -0.0579. The van der Waals surface area contributed by atoms with Crippen LogP contribution in [0.5, 0.6) is 0 Å². The van der Waals surface area contributed by atoms with Gasteiger partial charge in [0.05, 0.1) is 18.6 Å². The van der Waals surface area contributed by atoms with Crippen molar-refractivity contribution in [3.63, 3.8) is 0 Å². The monoisotopic (exact) mass is 249 g/mol. The zero-order valence-electron chi connectivity index (χ0n) is 10.6. The SMILES string of the molecule is COC1(CC(=O)Nc2ccccc2CO)CCC1. The van der Waals surface area contributed by atoms with Gasteiger partial charge in [0.1, 0.15) is 0 Å². The summed E-state index contributed by atoms with van der Waals surface area (Å²) in [4.78, 5) is 12.0. The van der Waals surface area contributed by atoms with E-state index in [4.69, 9.17) is 4.74 Å². The van der Waals surface area contributed by atoms with Gasteiger partial charge in [0.2, 0.25) is 5.91 Å². The quantitative estimate of drug-likeness (QED) is 0.840. The molecule has 1 aliphatic carbocycles. The molecule has 0 aromatic heterocycles. The third-order valence-corrected chi connectivity index (χ3v) is 3.64. The van der Waals surface area contributed by atoms with Crippen LogP contribution in [0.3, 0.4) is 0 Å². The number of amides is 1. The van der Waals surface area contributed by atoms with Gasteiger partial charge < -0.3 is 15.2 Å². The number of aliphatic hydroxyl groups is 1. The minimum absolute atomic E-state index is 0.0579. The molecule has 0 spiro atoms. The lowest BCUT2D eigenvalue weighted by Gasteiger charge is -2.39. The number of carbonyl (C=O) groups excluding carboxylic acids is 1. The van der Waals surface area contributed by atoms with Crippen LogP contribution in [0.15, 0.2) is 24.3 Å². The van der Waals surface area contributed by atoms with Crippen LogP contribution in [-0.2, 0) is 16.1 Å². The smallest absolute Gasteiger partial charge is 0.227 e. The Labute approximate surface area is 107 Å². The largest absolute Gasteiger partial charge is 0.392 e. The van der Waals surface area contributed by atoms with Crippen LogP contribution >= 0.6 is 0 Å². The number of hydrogen-bond acceptors (Lipinski definition) is 3. The van der Waals surface area contributed by atoms with Crippen molar-refractivity contribution in [1.29, 1.82) is 0 Å². The van der Waals surface area contributed by atoms with Gasteiger partial charge in [0.15, 0.2) is 0 Å². The van der Waals surface area contributed by atoms with Crippen molar-refractivity contribution in [3.8, 4) is 0 Å². The highest BCUT2D eigenvalue weighted by Gasteiger charge is 2.39. The van der Waals surface area contributed by atoms with Crippen LogP contribution in [0.2, 0.25) is 0 Å². The van der Waals surface area contributed by atoms with Gasteiger partial charge >= 0.3 is 0 Å². The van der Waals surface area contributed by atoms with Crippen molar-refractivity contribution in [2.75, 3.05) is 12.4 Å². The molecule has 1 aromatic rings. The zero-order chi connectivity index (χ0) is 13.0. The lowest BCUT2D eigenvalue weighted by molar-refractivity contribution is -0.129. The Kier molecular flexibility index (Phi) is 3.99. The molecule has 0 unspecified atom stereocenters. The molecule has 0 heterocycles. The van der Waals surface area contributed by atoms with E-state index in [2.05, 4.69) is 5.32 Å². The molecule has 2 N–H and O–H groups in total. The third-order valence-electron chi connectivity index (χ3n) is 3.64. The molecule has 0 aliphatic heterocycles. The number of benzene rings is 1. The van der Waals surface area contributed by atoms with Crippen molar-refractivity contribution in [1.82, 2.24) is 0 Å². The van der Waals surface area contributed by atoms with Crippen molar-refractivity contribution in [2.24, 2.45) is 0 Å². The number of carbonyl (C=O) groups is 1. The highest BCUT2D eigenvalue weighted by molar-refractivity contribution is 5.92. The van der Waals surface area contributed by atoms with Gasteiger partial charge in [-0.1, -0.05) is 18.2 Å². The molecule has 0 saturated heterocycles. The molecule has 1 amide bonds. The van der Waals surface area contributed by atoms with E-state index in [0.29, 0.717) is 12.1 Å². The molecule has 0 bridgehead atoms. The van der Waals surface area contributed by atoms with E-state index < -0.39 is 0 Å². The standard InChI is InChI=1S/C14H19NO3/c1-18-14(7-4-8-14)9-13(17)15-12-6-3-2-5-11(12)10-16/h2-3,5-6,16H,4,7-10H2,1H3,(H,15,17). The van der Waals surface area contributed by atoms with Crippen molar-refractivity contribution >= 4 is 11.6 Å². The second-order valence-corrected chi connectivity index (χ2v) is 4.78. The first kappa shape index (κ1) is 13.1. The molecule has 1 fully saturated rings. The lowest BCUT2D eigenvalue weighted by Crippen LogP contribution is -2.42. The summed E-state index contributed by atoms with van der Waals surface area (Å²) in [7, 11) is 1.66. The number of nitrogens with one attached hydrogen (secondary N) is 1. The van der Waals surface area contributed by atoms with Crippen LogP contribution in [0.1, 0.15) is 31.2 Å². The minimum atomic E-state index is -0.266. The van der Waals surface area contributed by atoms with Crippen molar-refractivity contribution in [2.45, 2.75) is 37.9 Å². The van der Waals surface area contributed by atoms with E-state index in [1.165, 1.54) is 0 Å². The van der Waals surface area contributed by atoms with Gasteiger partial charge in [-0.05, 0) is 25.3 Å². The number of aliphatic hydroxyl groups excluding tert-OH is 1. The number of ether oxygens (including phenoxy) is 1. The Morgan fingerprint density at radius 2 is 2.17 bits per heavy atom. The zero-order valence-corrected chi connectivity index (χ0v) is 10.6. The van der Waals surface area contributed by atoms with E-state index in [9.17, 15) is 9.90 Å². The Morgan fingerprint density at radius 1 is 1.44 bits per heavy atom. The molecule has 0 radical (unpaired) electrons. The molecule has 1 aromatic carbocycles. The second-order valence-electron chi connectivity index (χ2n) is 4.78. The lowest BCUT2D eigenvalue weighted by atomic mass is 9.77. The van der Waals surface area contributed by atoms with E-state index in [1.807, 2.05) is 12.1 Å². The normalized spacial score (nSPS) is 17.0. The number of para-hydroxylation sites is 1. The van der Waals surface area contributed by atoms with Crippen LogP contribution in [0.25, 0.3) is 0 Å². The van der Waals surface area contributed by atoms with Gasteiger partial charge in [-0.3, -0.25) is 4.79 Å². The van der Waals surface area contributed by atoms with Crippen LogP contribution in [0.4, 0.5) is 5.69 Å². The van der Waals surface area contributed by atoms with E-state index in [0.717, 1.165) is 24.8 Å². The highest BCUT2D eigenvalue weighted by Crippen LogP contribution is 2.38. The fourth-order valence-electron chi connectivity index (χ4n) is 2.29. The predicted molar refractivity (Wildman–Crippen MR) is 69.2 cm³/mol. The Morgan fingerprint density at radius 3 is 2.72 bits per heavy atom. The number of hydrogen-bond donors (Lipinski definition) is 2. The first-order valence-corrected chi connectivity index (χ1v) is 6.23. The van der Waals surface area contributed by atoms with Gasteiger partial charge in [-0.25, -0.2) is 0 Å². The van der Waals surface area contributed by atoms with Crippen molar-refractivity contribution < 1.29 is 14.6 Å². The molecule has 4 heteroatoms. The summed E-state index contributed by atoms with van der Waals surface area (Å²) in [6.45, 7) is -0.0775. The number of methoxy groups -OCH3 is 1. The molecule has 0 atom stereocenters. The molecular formula is C14H19NO3. The average Bonchev–Trinajstić information content (AvgIpc) is 2.34. The van der Waals surface area contributed by atoms with Gasteiger partial charge in [0.25, 0.3) is 0 Å². The van der Waals surface area contributed by atoms with Gasteiger partial charge in [0, 0.05) is 18.4 Å². The second kappa shape index (κ2) is 5.50. The fourth-order valence-corrected chi connectivity index (χ4v) is 2.29. The van der Waals surface area contributed by atoms with Crippen LogP contribution in [0, 0.1) is 0 Å². The molecule has 2 rings (SSSR count). The third kappa shape index (κ3) is 2.71. The number of anilines is 1. The fraction of sp³-hybridized carbons (Fsp3) is 0.500. The van der Waals surface area contributed by atoms with E-state index in [-0.39, 0.29) is 18.1 Å². The number of rotatable bonds is 5. The summed E-state index contributed by atoms with van der Waals surface area (Å²) < 4.78 is 5.43. The topological polar surface area (TPSA) is 58.6 Å². The Hall–Kier alpha value is -1.39. The summed E-state index contributed by atoms with van der Waals surface area (Å²) in [5, 5.41) is 12.0. The molecule has 98 valence electrons. The molecule has 1 saturated carbocycles. The van der Waals surface area contributed by atoms with Crippen LogP contribution in [-0.4, -0.2) is 23.7 Å².